The van der Waals surface area contributed by atoms with E-state index in [4.69, 9.17) is 0 Å². The number of nitrogens with zero attached hydrogens (tertiary/aromatic N) is 2. The maximum absolute atomic E-state index is 13.4. The molecule has 4 aliphatic rings. The number of carbonyl (C=O) groups is 1. The lowest BCUT2D eigenvalue weighted by atomic mass is 9.49. The summed E-state index contributed by atoms with van der Waals surface area (Å²) < 4.78 is 1.94. The fourth-order valence-corrected chi connectivity index (χ4v) is 8.71. The second-order valence-corrected chi connectivity index (χ2v) is 11.6. The summed E-state index contributed by atoms with van der Waals surface area (Å²) >= 11 is 0. The number of hydrogen-bond donors (Lipinski definition) is 0. The lowest BCUT2D eigenvalue weighted by Crippen LogP contribution is -2.49. The van der Waals surface area contributed by atoms with Crippen molar-refractivity contribution in [2.45, 2.75) is 92.0 Å². The van der Waals surface area contributed by atoms with Crippen molar-refractivity contribution >= 4 is 5.78 Å². The molecule has 8 unspecified atom stereocenters. The molecule has 1 aromatic rings. The van der Waals surface area contributed by atoms with Crippen LogP contribution in [0.15, 0.2) is 6.07 Å². The van der Waals surface area contributed by atoms with Crippen LogP contribution in [0.4, 0.5) is 0 Å². The van der Waals surface area contributed by atoms with Gasteiger partial charge in [-0.25, -0.2) is 0 Å². The van der Waals surface area contributed by atoms with E-state index < -0.39 is 0 Å². The zero-order valence-corrected chi connectivity index (χ0v) is 19.0. The molecule has 29 heavy (non-hydrogen) atoms. The molecule has 0 aromatic carbocycles. The van der Waals surface area contributed by atoms with Gasteiger partial charge in [0.25, 0.3) is 0 Å². The smallest absolute Gasteiger partial charge is 0.157 e. The molecule has 4 fully saturated rings. The summed E-state index contributed by atoms with van der Waals surface area (Å²) in [7, 11) is 0. The lowest BCUT2D eigenvalue weighted by molar-refractivity contribution is -0.131. The Labute approximate surface area is 177 Å². The van der Waals surface area contributed by atoms with Gasteiger partial charge in [-0.15, -0.1) is 0 Å². The van der Waals surface area contributed by atoms with Gasteiger partial charge in [-0.1, -0.05) is 20.3 Å². The fraction of sp³-hybridized carbons (Fsp3) is 0.846. The molecule has 1 aromatic heterocycles. The van der Waals surface area contributed by atoms with Crippen LogP contribution in [0, 0.1) is 60.7 Å². The second-order valence-electron chi connectivity index (χ2n) is 11.6. The number of rotatable bonds is 3. The molecule has 3 nitrogen and oxygen atoms in total. The van der Waals surface area contributed by atoms with Crippen molar-refractivity contribution in [2.75, 3.05) is 0 Å². The average molecular weight is 397 g/mol. The van der Waals surface area contributed by atoms with Crippen LogP contribution < -0.4 is 0 Å². The third-order valence-electron chi connectivity index (χ3n) is 10.0. The highest BCUT2D eigenvalue weighted by Gasteiger charge is 2.58. The Bertz CT molecular complexity index is 782. The fourth-order valence-electron chi connectivity index (χ4n) is 8.71. The van der Waals surface area contributed by atoms with E-state index in [2.05, 4.69) is 31.9 Å². The zero-order valence-electron chi connectivity index (χ0n) is 19.0. The summed E-state index contributed by atoms with van der Waals surface area (Å²) in [6.07, 6.45) is 12.4. The summed E-state index contributed by atoms with van der Waals surface area (Å²) in [6.45, 7) is 9.52. The maximum Gasteiger partial charge on any atom is 0.157 e. The summed E-state index contributed by atoms with van der Waals surface area (Å²) in [5, 5.41) is 4.56. The quantitative estimate of drug-likeness (QED) is 0.630. The van der Waals surface area contributed by atoms with Gasteiger partial charge in [0.2, 0.25) is 0 Å². The SMILES string of the molecule is Cc1cc(C)n(CC(=O)C2CCC3C4CCC5CC(C)CCC5C4CCC23C)n1. The molecular weight excluding hydrogens is 356 g/mol. The summed E-state index contributed by atoms with van der Waals surface area (Å²) in [4.78, 5) is 13.4. The standard InChI is InChI=1S/C26H40N2O/c1-16-5-7-20-19(13-16)6-8-22-21(20)11-12-26(4)23(22)9-10-24(26)25(29)15-28-18(3)14-17(2)27-28/h14,16,19-24H,5-13,15H2,1-4H3. The van der Waals surface area contributed by atoms with E-state index in [9.17, 15) is 4.79 Å². The number of aromatic nitrogens is 2. The van der Waals surface area contributed by atoms with Gasteiger partial charge in [-0.05, 0) is 112 Å². The number of Topliss-reactive ketones (excluding diaryl/α,β-unsaturated/α-hetero) is 1. The predicted molar refractivity (Wildman–Crippen MR) is 116 cm³/mol. The molecule has 0 saturated heterocycles. The van der Waals surface area contributed by atoms with E-state index in [0.717, 1.165) is 53.3 Å². The number of fused-ring (bicyclic) bond motifs is 5. The molecule has 160 valence electrons. The lowest BCUT2D eigenvalue weighted by Gasteiger charge is -2.56. The van der Waals surface area contributed by atoms with Gasteiger partial charge in [0, 0.05) is 11.6 Å². The monoisotopic (exact) mass is 396 g/mol. The zero-order chi connectivity index (χ0) is 20.3. The molecule has 5 rings (SSSR count). The predicted octanol–water partition coefficient (Wildman–Crippen LogP) is 5.97. The van der Waals surface area contributed by atoms with E-state index in [1.165, 1.54) is 51.4 Å². The largest absolute Gasteiger partial charge is 0.297 e. The van der Waals surface area contributed by atoms with Gasteiger partial charge < -0.3 is 0 Å². The van der Waals surface area contributed by atoms with Gasteiger partial charge >= 0.3 is 0 Å². The van der Waals surface area contributed by atoms with E-state index >= 15 is 0 Å². The Morgan fingerprint density at radius 2 is 1.86 bits per heavy atom. The Kier molecular flexibility index (Phi) is 4.95. The topological polar surface area (TPSA) is 34.9 Å². The molecule has 0 amide bonds. The average Bonchev–Trinajstić information content (AvgIpc) is 3.19. The Hall–Kier alpha value is -1.12. The molecule has 8 atom stereocenters. The molecule has 4 saturated carbocycles. The summed E-state index contributed by atoms with van der Waals surface area (Å²) in [6, 6.07) is 2.08. The molecule has 3 heteroatoms. The Morgan fingerprint density at radius 1 is 1.07 bits per heavy atom. The van der Waals surface area contributed by atoms with E-state index in [1.54, 1.807) is 0 Å². The van der Waals surface area contributed by atoms with Crippen LogP contribution in [-0.4, -0.2) is 15.6 Å². The van der Waals surface area contributed by atoms with Crippen LogP contribution >= 0.6 is 0 Å². The van der Waals surface area contributed by atoms with Gasteiger partial charge in [0.05, 0.1) is 5.69 Å². The minimum Gasteiger partial charge on any atom is -0.297 e. The van der Waals surface area contributed by atoms with E-state index in [-0.39, 0.29) is 11.3 Å². The number of hydrogen-bond acceptors (Lipinski definition) is 2. The molecule has 0 radical (unpaired) electrons. The summed E-state index contributed by atoms with van der Waals surface area (Å²) in [5.41, 5.74) is 2.37. The van der Waals surface area contributed by atoms with Crippen molar-refractivity contribution in [3.63, 3.8) is 0 Å². The molecule has 0 aliphatic heterocycles. The van der Waals surface area contributed by atoms with E-state index in [0.29, 0.717) is 12.3 Å². The molecular formula is C26H40N2O. The van der Waals surface area contributed by atoms with Gasteiger partial charge in [0.15, 0.2) is 5.78 Å². The maximum atomic E-state index is 13.4. The minimum absolute atomic E-state index is 0.239. The van der Waals surface area contributed by atoms with Crippen LogP contribution in [-0.2, 0) is 11.3 Å². The van der Waals surface area contributed by atoms with Crippen LogP contribution in [0.1, 0.15) is 83.0 Å². The van der Waals surface area contributed by atoms with Crippen LogP contribution in [0.5, 0.6) is 0 Å². The molecule has 4 aliphatic carbocycles. The molecule has 0 N–H and O–H groups in total. The van der Waals surface area contributed by atoms with Gasteiger partial charge in [-0.3, -0.25) is 9.48 Å². The molecule has 0 spiro atoms. The number of ketones is 1. The third-order valence-corrected chi connectivity index (χ3v) is 10.0. The third kappa shape index (κ3) is 3.22. The number of aryl methyl sites for hydroxylation is 2. The summed E-state index contributed by atoms with van der Waals surface area (Å²) in [5.74, 6) is 6.30. The molecule has 1 heterocycles. The number of carbonyl (C=O) groups excluding carboxylic acids is 1. The van der Waals surface area contributed by atoms with Crippen LogP contribution in [0.2, 0.25) is 0 Å². The highest BCUT2D eigenvalue weighted by molar-refractivity contribution is 5.82. The van der Waals surface area contributed by atoms with Gasteiger partial charge in [-0.2, -0.15) is 5.10 Å². The van der Waals surface area contributed by atoms with Crippen molar-refractivity contribution in [3.8, 4) is 0 Å². The van der Waals surface area contributed by atoms with Gasteiger partial charge in [0.1, 0.15) is 6.54 Å². The Balaban J connectivity index is 1.32. The van der Waals surface area contributed by atoms with Crippen molar-refractivity contribution in [3.05, 3.63) is 17.5 Å². The van der Waals surface area contributed by atoms with Crippen molar-refractivity contribution in [2.24, 2.45) is 46.8 Å². The highest BCUT2D eigenvalue weighted by Crippen LogP contribution is 2.64. The normalized spacial score (nSPS) is 44.1. The Morgan fingerprint density at radius 3 is 2.62 bits per heavy atom. The van der Waals surface area contributed by atoms with Crippen LogP contribution in [0.25, 0.3) is 0 Å². The first-order valence-electron chi connectivity index (χ1n) is 12.4. The minimum atomic E-state index is 0.239. The van der Waals surface area contributed by atoms with Crippen molar-refractivity contribution in [1.82, 2.24) is 9.78 Å². The highest BCUT2D eigenvalue weighted by atomic mass is 16.1. The molecule has 0 bridgehead atoms. The van der Waals surface area contributed by atoms with Crippen LogP contribution in [0.3, 0.4) is 0 Å². The van der Waals surface area contributed by atoms with Crippen molar-refractivity contribution < 1.29 is 4.79 Å². The first-order chi connectivity index (χ1) is 13.9. The first-order valence-corrected chi connectivity index (χ1v) is 12.4. The second kappa shape index (κ2) is 7.24. The first kappa shape index (κ1) is 19.8. The van der Waals surface area contributed by atoms with E-state index in [1.807, 2.05) is 11.6 Å². The van der Waals surface area contributed by atoms with Crippen molar-refractivity contribution in [1.29, 1.82) is 0 Å².